The lowest BCUT2D eigenvalue weighted by Gasteiger charge is -2.16. The highest BCUT2D eigenvalue weighted by molar-refractivity contribution is 6.16. The normalized spacial score (nSPS) is 14.2. The van der Waals surface area contributed by atoms with Gasteiger partial charge in [-0.3, -0.25) is 9.59 Å². The molecule has 4 aromatic rings. The van der Waals surface area contributed by atoms with Crippen molar-refractivity contribution in [2.75, 3.05) is 16.0 Å². The van der Waals surface area contributed by atoms with E-state index in [4.69, 9.17) is 4.74 Å². The molecule has 6 rings (SSSR count). The number of amides is 2. The van der Waals surface area contributed by atoms with Crippen LogP contribution in [0.2, 0.25) is 0 Å². The molecule has 3 aromatic carbocycles. The van der Waals surface area contributed by atoms with E-state index < -0.39 is 17.1 Å². The highest BCUT2D eigenvalue weighted by Crippen LogP contribution is 2.47. The smallest absolute Gasteiger partial charge is 0.240 e. The predicted octanol–water partition coefficient (Wildman–Crippen LogP) is 6.49. The molecular weight excluding hydrogens is 497 g/mol. The summed E-state index contributed by atoms with van der Waals surface area (Å²) in [7, 11) is 0. The largest absolute Gasteiger partial charge is 0.455 e. The summed E-state index contributed by atoms with van der Waals surface area (Å²) >= 11 is 0. The maximum atomic E-state index is 13.1. The van der Waals surface area contributed by atoms with Crippen molar-refractivity contribution in [2.45, 2.75) is 19.8 Å². The van der Waals surface area contributed by atoms with E-state index in [-0.39, 0.29) is 5.91 Å². The van der Waals surface area contributed by atoms with Crippen LogP contribution in [0.15, 0.2) is 84.0 Å². The van der Waals surface area contributed by atoms with Crippen molar-refractivity contribution in [3.05, 3.63) is 95.9 Å². The van der Waals surface area contributed by atoms with Gasteiger partial charge in [0.05, 0.1) is 0 Å². The maximum absolute atomic E-state index is 13.1. The summed E-state index contributed by atoms with van der Waals surface area (Å²) < 4.78 is 19.3. The molecule has 194 valence electrons. The number of aromatic nitrogens is 1. The van der Waals surface area contributed by atoms with Gasteiger partial charge in [-0.1, -0.05) is 12.1 Å². The molecule has 3 N–H and O–H groups in total. The summed E-state index contributed by atoms with van der Waals surface area (Å²) in [5, 5.41) is 8.86. The third kappa shape index (κ3) is 4.94. The Kier molecular flexibility index (Phi) is 6.03. The molecular formula is C30H24FN5O3. The molecule has 1 aliphatic heterocycles. The molecule has 0 atom stereocenters. The first kappa shape index (κ1) is 24.3. The molecule has 9 heteroatoms. The van der Waals surface area contributed by atoms with Crippen LogP contribution in [0, 0.1) is 18.2 Å². The zero-order valence-electron chi connectivity index (χ0n) is 21.0. The molecule has 0 radical (unpaired) electrons. The number of carbonyl (C=O) groups is 2. The second kappa shape index (κ2) is 9.68. The lowest BCUT2D eigenvalue weighted by molar-refractivity contribution is -0.131. The van der Waals surface area contributed by atoms with E-state index in [1.807, 2.05) is 25.1 Å². The van der Waals surface area contributed by atoms with Gasteiger partial charge in [0.2, 0.25) is 11.8 Å². The molecule has 1 saturated carbocycles. The number of ether oxygens (including phenoxy) is 1. The molecule has 1 aliphatic carbocycles. The zero-order valence-corrected chi connectivity index (χ0v) is 21.0. The van der Waals surface area contributed by atoms with Crippen LogP contribution in [0.25, 0.3) is 0 Å². The van der Waals surface area contributed by atoms with E-state index >= 15 is 0 Å². The number of halogens is 1. The number of aryl methyl sites for hydroxylation is 1. The van der Waals surface area contributed by atoms with E-state index in [0.29, 0.717) is 47.2 Å². The zero-order chi connectivity index (χ0) is 27.0. The SMILES string of the molecule is Cc1ccc2c(c1)Nc1nccc(Oc3ccc(NC(=O)C4(C(=O)Nc5ccc(F)cc5)CC4)cc3)c1N=C2. The lowest BCUT2D eigenvalue weighted by Crippen LogP contribution is -2.35. The number of anilines is 4. The van der Waals surface area contributed by atoms with Crippen LogP contribution >= 0.6 is 0 Å². The van der Waals surface area contributed by atoms with E-state index in [0.717, 1.165) is 16.8 Å². The number of aliphatic imine (C=N–C) groups is 1. The molecule has 0 unspecified atom stereocenters. The standard InChI is InChI=1S/C30H24FN5O3/c1-18-2-3-19-17-33-26-25(12-15-32-27(26)36-24(19)16-18)39-23-10-8-22(9-11-23)35-29(38)30(13-14-30)28(37)34-21-6-4-20(31)5-7-21/h2-12,15-17H,13-14H2,1H3,(H,32,36)(H,34,37)(H,35,38). The molecule has 2 aliphatic rings. The monoisotopic (exact) mass is 521 g/mol. The Balaban J connectivity index is 1.13. The average Bonchev–Trinajstić information content (AvgIpc) is 3.76. The van der Waals surface area contributed by atoms with Gasteiger partial charge in [-0.05, 0) is 79.9 Å². The van der Waals surface area contributed by atoms with Crippen LogP contribution in [0.3, 0.4) is 0 Å². The van der Waals surface area contributed by atoms with E-state index in [2.05, 4.69) is 25.9 Å². The maximum Gasteiger partial charge on any atom is 0.240 e. The van der Waals surface area contributed by atoms with Gasteiger partial charge in [0.25, 0.3) is 0 Å². The second-order valence-electron chi connectivity index (χ2n) is 9.60. The summed E-state index contributed by atoms with van der Waals surface area (Å²) in [6, 6.07) is 20.1. The highest BCUT2D eigenvalue weighted by Gasteiger charge is 2.56. The molecule has 0 bridgehead atoms. The van der Waals surface area contributed by atoms with Gasteiger partial charge in [-0.25, -0.2) is 14.4 Å². The van der Waals surface area contributed by atoms with Crippen LogP contribution in [0.5, 0.6) is 11.5 Å². The third-order valence-electron chi connectivity index (χ3n) is 6.74. The Morgan fingerprint density at radius 2 is 1.59 bits per heavy atom. The van der Waals surface area contributed by atoms with Crippen LogP contribution in [-0.4, -0.2) is 23.0 Å². The first-order chi connectivity index (χ1) is 18.9. The third-order valence-corrected chi connectivity index (χ3v) is 6.74. The number of rotatable bonds is 6. The number of nitrogens with one attached hydrogen (secondary N) is 3. The minimum atomic E-state index is -1.14. The van der Waals surface area contributed by atoms with E-state index in [9.17, 15) is 14.0 Å². The Hall–Kier alpha value is -5.05. The van der Waals surface area contributed by atoms with Gasteiger partial charge >= 0.3 is 0 Å². The van der Waals surface area contributed by atoms with Gasteiger partial charge in [0, 0.05) is 41.1 Å². The number of nitrogens with zero attached hydrogens (tertiary/aromatic N) is 2. The van der Waals surface area contributed by atoms with Gasteiger partial charge in [0.15, 0.2) is 11.6 Å². The first-order valence-electron chi connectivity index (χ1n) is 12.5. The summed E-state index contributed by atoms with van der Waals surface area (Å²) in [4.78, 5) is 34.8. The summed E-state index contributed by atoms with van der Waals surface area (Å²) in [6.07, 6.45) is 4.31. The van der Waals surface area contributed by atoms with Crippen molar-refractivity contribution in [3.8, 4) is 11.5 Å². The fourth-order valence-corrected chi connectivity index (χ4v) is 4.34. The Bertz CT molecular complexity index is 1610. The topological polar surface area (TPSA) is 105 Å². The average molecular weight is 522 g/mol. The molecule has 0 spiro atoms. The number of hydrogen-bond acceptors (Lipinski definition) is 6. The molecule has 8 nitrogen and oxygen atoms in total. The number of pyridine rings is 1. The van der Waals surface area contributed by atoms with Crippen molar-refractivity contribution < 1.29 is 18.7 Å². The number of fused-ring (bicyclic) bond motifs is 2. The van der Waals surface area contributed by atoms with E-state index in [1.165, 1.54) is 24.3 Å². The first-order valence-corrected chi connectivity index (χ1v) is 12.5. The van der Waals surface area contributed by atoms with Gasteiger partial charge < -0.3 is 20.7 Å². The lowest BCUT2D eigenvalue weighted by atomic mass is 10.0. The van der Waals surface area contributed by atoms with Gasteiger partial charge in [-0.2, -0.15) is 0 Å². The quantitative estimate of drug-likeness (QED) is 0.222. The van der Waals surface area contributed by atoms with Crippen molar-refractivity contribution >= 4 is 46.6 Å². The summed E-state index contributed by atoms with van der Waals surface area (Å²) in [6.45, 7) is 2.02. The Labute approximate surface area is 224 Å². The second-order valence-corrected chi connectivity index (χ2v) is 9.60. The van der Waals surface area contributed by atoms with Crippen LogP contribution < -0.4 is 20.7 Å². The van der Waals surface area contributed by atoms with Crippen molar-refractivity contribution in [3.63, 3.8) is 0 Å². The van der Waals surface area contributed by atoms with Gasteiger partial charge in [-0.15, -0.1) is 0 Å². The van der Waals surface area contributed by atoms with Crippen molar-refractivity contribution in [1.82, 2.24) is 4.98 Å². The van der Waals surface area contributed by atoms with Gasteiger partial charge in [0.1, 0.15) is 22.7 Å². The number of benzene rings is 3. The molecule has 39 heavy (non-hydrogen) atoms. The predicted molar refractivity (Wildman–Crippen MR) is 148 cm³/mol. The Morgan fingerprint density at radius 1 is 0.923 bits per heavy atom. The fourth-order valence-electron chi connectivity index (χ4n) is 4.34. The van der Waals surface area contributed by atoms with Crippen molar-refractivity contribution in [2.24, 2.45) is 10.4 Å². The molecule has 2 heterocycles. The minimum Gasteiger partial charge on any atom is -0.455 e. The molecule has 0 saturated heterocycles. The molecule has 1 fully saturated rings. The highest BCUT2D eigenvalue weighted by atomic mass is 19.1. The number of carbonyl (C=O) groups excluding carboxylic acids is 2. The fraction of sp³-hybridized carbons (Fsp3) is 0.133. The number of hydrogen-bond donors (Lipinski definition) is 3. The van der Waals surface area contributed by atoms with Crippen LogP contribution in [0.1, 0.15) is 24.0 Å². The minimum absolute atomic E-state index is 0.384. The van der Waals surface area contributed by atoms with E-state index in [1.54, 1.807) is 42.7 Å². The van der Waals surface area contributed by atoms with Crippen molar-refractivity contribution in [1.29, 1.82) is 0 Å². The molecule has 2 amide bonds. The molecule has 1 aromatic heterocycles. The van der Waals surface area contributed by atoms with Crippen LogP contribution in [-0.2, 0) is 9.59 Å². The summed E-state index contributed by atoms with van der Waals surface area (Å²) in [5.41, 5.74) is 3.40. The Morgan fingerprint density at radius 3 is 2.26 bits per heavy atom. The van der Waals surface area contributed by atoms with Crippen LogP contribution in [0.4, 0.5) is 33.0 Å². The summed E-state index contributed by atoms with van der Waals surface area (Å²) in [5.74, 6) is 0.472.